The minimum absolute atomic E-state index is 0.0960. The van der Waals surface area contributed by atoms with Crippen molar-refractivity contribution in [2.45, 2.75) is 6.61 Å². The molecule has 0 aliphatic heterocycles. The fourth-order valence-electron chi connectivity index (χ4n) is 0.823. The van der Waals surface area contributed by atoms with E-state index in [2.05, 4.69) is 4.18 Å². The van der Waals surface area contributed by atoms with Gasteiger partial charge in [-0.05, 0) is 17.7 Å². The van der Waals surface area contributed by atoms with Crippen LogP contribution in [-0.4, -0.2) is 19.8 Å². The summed E-state index contributed by atoms with van der Waals surface area (Å²) in [5, 5.41) is 9.41. The molecule has 1 rings (SSSR count). The molecule has 0 amide bonds. The molecule has 1 N–H and O–H groups in total. The number of rotatable bonds is 3. The fourth-order valence-corrected chi connectivity index (χ4v) is 1.29. The van der Waals surface area contributed by atoms with E-state index in [9.17, 15) is 13.5 Å². The first kappa shape index (κ1) is 11.3. The summed E-state index contributed by atoms with van der Waals surface area (Å²) in [6.45, 7) is -0.108. The first-order valence-electron chi connectivity index (χ1n) is 3.70. The molecule has 0 aliphatic carbocycles. The van der Waals surface area contributed by atoms with E-state index >= 15 is 0 Å². The van der Waals surface area contributed by atoms with Gasteiger partial charge in [0, 0.05) is 0 Å². The highest BCUT2D eigenvalue weighted by molar-refractivity contribution is 7.85. The third-order valence-electron chi connectivity index (χ3n) is 1.45. The zero-order valence-corrected chi connectivity index (χ0v) is 8.97. The Balaban J connectivity index is 2.74. The van der Waals surface area contributed by atoms with Crippen molar-refractivity contribution in [3.63, 3.8) is 0 Å². The highest BCUT2D eigenvalue weighted by atomic mass is 35.5. The van der Waals surface area contributed by atoms with Gasteiger partial charge >= 0.3 is 0 Å². The predicted octanol–water partition coefficient (Wildman–Crippen LogP) is 1.52. The van der Waals surface area contributed by atoms with Gasteiger partial charge in [-0.15, -0.1) is 0 Å². The van der Waals surface area contributed by atoms with Crippen molar-refractivity contribution >= 4 is 21.7 Å². The first-order chi connectivity index (χ1) is 6.38. The standard InChI is InChI=1S/C8H9ClO4S/c1-14(11,12)13-5-6-2-3-7(9)8(10)4-6/h2-4,10H,5H2,1H3. The van der Waals surface area contributed by atoms with Gasteiger partial charge in [0.05, 0.1) is 17.9 Å². The van der Waals surface area contributed by atoms with Crippen LogP contribution in [0.1, 0.15) is 5.56 Å². The predicted molar refractivity (Wildman–Crippen MR) is 52.7 cm³/mol. The van der Waals surface area contributed by atoms with Crippen molar-refractivity contribution in [3.8, 4) is 5.75 Å². The maximum atomic E-state index is 10.6. The van der Waals surface area contributed by atoms with Crippen LogP contribution in [0, 0.1) is 0 Å². The van der Waals surface area contributed by atoms with E-state index in [-0.39, 0.29) is 17.4 Å². The van der Waals surface area contributed by atoms with Crippen molar-refractivity contribution < 1.29 is 17.7 Å². The van der Waals surface area contributed by atoms with Gasteiger partial charge in [-0.1, -0.05) is 17.7 Å². The Kier molecular flexibility index (Phi) is 3.36. The van der Waals surface area contributed by atoms with Crippen LogP contribution >= 0.6 is 11.6 Å². The minimum Gasteiger partial charge on any atom is -0.506 e. The molecule has 1 aromatic rings. The van der Waals surface area contributed by atoms with E-state index in [1.165, 1.54) is 12.1 Å². The lowest BCUT2D eigenvalue weighted by molar-refractivity contribution is 0.311. The average Bonchev–Trinajstić information content (AvgIpc) is 2.06. The van der Waals surface area contributed by atoms with Crippen molar-refractivity contribution in [3.05, 3.63) is 28.8 Å². The summed E-state index contributed by atoms with van der Waals surface area (Å²) >= 11 is 5.56. The second-order valence-electron chi connectivity index (χ2n) is 2.75. The SMILES string of the molecule is CS(=O)(=O)OCc1ccc(Cl)c(O)c1. The number of halogens is 1. The molecule has 0 bridgehead atoms. The summed E-state index contributed by atoms with van der Waals surface area (Å²) in [6, 6.07) is 4.40. The molecule has 0 spiro atoms. The van der Waals surface area contributed by atoms with E-state index in [0.29, 0.717) is 5.56 Å². The molecular formula is C8H9ClO4S. The molecule has 0 saturated heterocycles. The van der Waals surface area contributed by atoms with E-state index in [1.54, 1.807) is 6.07 Å². The maximum absolute atomic E-state index is 10.6. The zero-order valence-electron chi connectivity index (χ0n) is 7.40. The summed E-state index contributed by atoms with van der Waals surface area (Å²) in [6.07, 6.45) is 0.961. The average molecular weight is 237 g/mol. The van der Waals surface area contributed by atoms with Gasteiger partial charge in [0.2, 0.25) is 0 Å². The van der Waals surface area contributed by atoms with Crippen molar-refractivity contribution in [2.75, 3.05) is 6.26 Å². The Labute approximate surface area is 87.2 Å². The van der Waals surface area contributed by atoms with Crippen molar-refractivity contribution in [1.82, 2.24) is 0 Å². The quantitative estimate of drug-likeness (QED) is 0.809. The van der Waals surface area contributed by atoms with E-state index in [4.69, 9.17) is 11.6 Å². The molecule has 0 atom stereocenters. The lowest BCUT2D eigenvalue weighted by atomic mass is 10.2. The second-order valence-corrected chi connectivity index (χ2v) is 4.80. The van der Waals surface area contributed by atoms with E-state index < -0.39 is 10.1 Å². The van der Waals surface area contributed by atoms with Crippen LogP contribution in [-0.2, 0) is 20.9 Å². The Morgan fingerprint density at radius 2 is 2.14 bits per heavy atom. The van der Waals surface area contributed by atoms with Crippen LogP contribution in [0.5, 0.6) is 5.75 Å². The summed E-state index contributed by atoms with van der Waals surface area (Å²) in [5.74, 6) is -0.0960. The number of phenols is 1. The number of benzene rings is 1. The van der Waals surface area contributed by atoms with Crippen molar-refractivity contribution in [2.24, 2.45) is 0 Å². The molecule has 6 heteroatoms. The molecule has 0 saturated carbocycles. The number of phenolic OH excluding ortho intramolecular Hbond substituents is 1. The number of aromatic hydroxyl groups is 1. The maximum Gasteiger partial charge on any atom is 0.264 e. The Morgan fingerprint density at radius 1 is 1.50 bits per heavy atom. The molecule has 14 heavy (non-hydrogen) atoms. The molecule has 0 radical (unpaired) electrons. The Hall–Kier alpha value is -0.780. The second kappa shape index (κ2) is 4.16. The largest absolute Gasteiger partial charge is 0.506 e. The van der Waals surface area contributed by atoms with Crippen LogP contribution < -0.4 is 0 Å². The normalized spacial score (nSPS) is 11.6. The summed E-state index contributed by atoms with van der Waals surface area (Å²) in [4.78, 5) is 0. The smallest absolute Gasteiger partial charge is 0.264 e. The molecule has 78 valence electrons. The number of hydrogen-bond acceptors (Lipinski definition) is 4. The van der Waals surface area contributed by atoms with Gasteiger partial charge in [-0.2, -0.15) is 8.42 Å². The summed E-state index contributed by atoms with van der Waals surface area (Å²) < 4.78 is 25.8. The van der Waals surface area contributed by atoms with Gasteiger partial charge in [-0.3, -0.25) is 4.18 Å². The third-order valence-corrected chi connectivity index (χ3v) is 2.32. The lowest BCUT2D eigenvalue weighted by Crippen LogP contribution is -2.02. The molecule has 0 heterocycles. The highest BCUT2D eigenvalue weighted by Gasteiger charge is 2.04. The van der Waals surface area contributed by atoms with Gasteiger partial charge in [-0.25, -0.2) is 0 Å². The van der Waals surface area contributed by atoms with E-state index in [1.807, 2.05) is 0 Å². The van der Waals surface area contributed by atoms with E-state index in [0.717, 1.165) is 6.26 Å². The lowest BCUT2D eigenvalue weighted by Gasteiger charge is -2.02. The van der Waals surface area contributed by atoms with Crippen LogP contribution in [0.15, 0.2) is 18.2 Å². The van der Waals surface area contributed by atoms with Crippen LogP contribution in [0.4, 0.5) is 0 Å². The molecule has 1 aromatic carbocycles. The zero-order chi connectivity index (χ0) is 10.8. The van der Waals surface area contributed by atoms with Crippen LogP contribution in [0.2, 0.25) is 5.02 Å². The van der Waals surface area contributed by atoms with Crippen LogP contribution in [0.25, 0.3) is 0 Å². The molecule has 0 unspecified atom stereocenters. The summed E-state index contributed by atoms with van der Waals surface area (Å²) in [5.41, 5.74) is 0.539. The molecular weight excluding hydrogens is 228 g/mol. The Morgan fingerprint density at radius 3 is 2.64 bits per heavy atom. The van der Waals surface area contributed by atoms with Gasteiger partial charge in [0.15, 0.2) is 0 Å². The van der Waals surface area contributed by atoms with Gasteiger partial charge in [0.1, 0.15) is 5.75 Å². The molecule has 0 fully saturated rings. The van der Waals surface area contributed by atoms with Crippen molar-refractivity contribution in [1.29, 1.82) is 0 Å². The van der Waals surface area contributed by atoms with Gasteiger partial charge < -0.3 is 5.11 Å². The minimum atomic E-state index is -3.46. The third kappa shape index (κ3) is 3.53. The first-order valence-corrected chi connectivity index (χ1v) is 5.90. The fraction of sp³-hybridized carbons (Fsp3) is 0.250. The monoisotopic (exact) mass is 236 g/mol. The molecule has 4 nitrogen and oxygen atoms in total. The van der Waals surface area contributed by atoms with Crippen LogP contribution in [0.3, 0.4) is 0 Å². The Bertz CT molecular complexity index is 427. The number of hydrogen-bond donors (Lipinski definition) is 1. The molecule has 0 aliphatic rings. The van der Waals surface area contributed by atoms with Gasteiger partial charge in [0.25, 0.3) is 10.1 Å². The topological polar surface area (TPSA) is 63.6 Å². The molecule has 0 aromatic heterocycles. The highest BCUT2D eigenvalue weighted by Crippen LogP contribution is 2.24. The summed E-state index contributed by atoms with van der Waals surface area (Å²) in [7, 11) is -3.46.